The molecule has 0 atom stereocenters. The highest BCUT2D eigenvalue weighted by Gasteiger charge is 2.44. The van der Waals surface area contributed by atoms with Crippen LogP contribution in [0.5, 0.6) is 0 Å². The number of carboxylic acid groups (broad SMARTS) is 1. The van der Waals surface area contributed by atoms with Gasteiger partial charge in [-0.15, -0.1) is 0 Å². The van der Waals surface area contributed by atoms with Crippen molar-refractivity contribution in [3.05, 3.63) is 43.0 Å². The van der Waals surface area contributed by atoms with Gasteiger partial charge in [-0.3, -0.25) is 19.7 Å². The first kappa shape index (κ1) is 24.0. The molecule has 0 bridgehead atoms. The number of rotatable bonds is 4. The molecule has 1 spiro atoms. The lowest BCUT2D eigenvalue weighted by atomic mass is 9.77. The summed E-state index contributed by atoms with van der Waals surface area (Å²) in [7, 11) is 0. The summed E-state index contributed by atoms with van der Waals surface area (Å²) in [5.41, 5.74) is 2.04. The van der Waals surface area contributed by atoms with Crippen LogP contribution in [0.3, 0.4) is 0 Å². The van der Waals surface area contributed by atoms with E-state index in [0.717, 1.165) is 67.1 Å². The van der Waals surface area contributed by atoms with Crippen molar-refractivity contribution in [2.75, 3.05) is 37.7 Å². The molecule has 0 saturated carbocycles. The lowest BCUT2D eigenvalue weighted by Crippen LogP contribution is -2.48. The van der Waals surface area contributed by atoms with Crippen molar-refractivity contribution in [1.82, 2.24) is 24.8 Å². The van der Waals surface area contributed by atoms with Crippen molar-refractivity contribution in [2.24, 2.45) is 5.41 Å². The van der Waals surface area contributed by atoms with Gasteiger partial charge in [0.05, 0.1) is 18.3 Å². The lowest BCUT2D eigenvalue weighted by Gasteiger charge is -2.42. The maximum Gasteiger partial charge on any atom is 0.290 e. The van der Waals surface area contributed by atoms with E-state index in [0.29, 0.717) is 5.41 Å². The quantitative estimate of drug-likeness (QED) is 0.562. The van der Waals surface area contributed by atoms with Crippen molar-refractivity contribution in [3.8, 4) is 11.4 Å². The van der Waals surface area contributed by atoms with E-state index in [9.17, 15) is 5.11 Å². The van der Waals surface area contributed by atoms with E-state index < -0.39 is 0 Å². The minimum Gasteiger partial charge on any atom is -0.483 e. The topological polar surface area (TPSA) is 116 Å². The molecule has 2 aliphatic heterocycles. The summed E-state index contributed by atoms with van der Waals surface area (Å²) in [5.74, 6) is 1.72. The second-order valence-corrected chi connectivity index (χ2v) is 9.73. The Morgan fingerprint density at radius 1 is 1.03 bits per heavy atom. The van der Waals surface area contributed by atoms with Gasteiger partial charge in [-0.2, -0.15) is 0 Å². The summed E-state index contributed by atoms with van der Waals surface area (Å²) in [4.78, 5) is 31.4. The first-order valence-electron chi connectivity index (χ1n) is 11.6. The number of fused-ring (bicyclic) bond motifs is 1. The molecule has 2 aliphatic rings. The minimum absolute atomic E-state index is 0.143. The highest BCUT2D eigenvalue weighted by Crippen LogP contribution is 2.43. The van der Waals surface area contributed by atoms with Crippen molar-refractivity contribution in [3.63, 3.8) is 0 Å². The Morgan fingerprint density at radius 2 is 1.68 bits per heavy atom. The van der Waals surface area contributed by atoms with Crippen LogP contribution in [0.1, 0.15) is 33.1 Å². The van der Waals surface area contributed by atoms with Crippen LogP contribution in [0, 0.1) is 5.41 Å². The molecular formula is C25H32N6O3. The maximum absolute atomic E-state index is 9.78. The molecule has 3 aromatic heterocycles. The molecule has 2 saturated heterocycles. The third-order valence-electron chi connectivity index (χ3n) is 7.22. The second-order valence-electron chi connectivity index (χ2n) is 9.73. The Bertz CT molecular complexity index is 1120. The molecule has 5 heterocycles. The molecule has 0 amide bonds. The van der Waals surface area contributed by atoms with Gasteiger partial charge in [-0.05, 0) is 63.3 Å². The number of hydrogen-bond donors (Lipinski definition) is 2. The van der Waals surface area contributed by atoms with Crippen LogP contribution in [-0.4, -0.2) is 79.8 Å². The Morgan fingerprint density at radius 3 is 2.35 bits per heavy atom. The number of carbonyl (C=O) groups is 1. The number of anilines is 1. The van der Waals surface area contributed by atoms with Gasteiger partial charge in [0.2, 0.25) is 0 Å². The van der Waals surface area contributed by atoms with E-state index in [2.05, 4.69) is 33.6 Å². The van der Waals surface area contributed by atoms with Gasteiger partial charge in [0.1, 0.15) is 5.82 Å². The van der Waals surface area contributed by atoms with Crippen molar-refractivity contribution < 1.29 is 15.0 Å². The van der Waals surface area contributed by atoms with Crippen molar-refractivity contribution in [1.29, 1.82) is 0 Å². The zero-order valence-corrected chi connectivity index (χ0v) is 19.8. The SMILES string of the molecule is CC(C)(CO)N1CCC2(CCN(c3nc(-c4ccncc4)nc4cnccc34)CC2)C1.O=CO. The van der Waals surface area contributed by atoms with Gasteiger partial charge in [0.25, 0.3) is 6.47 Å². The molecule has 9 heteroatoms. The highest BCUT2D eigenvalue weighted by atomic mass is 16.3. The monoisotopic (exact) mass is 464 g/mol. The van der Waals surface area contributed by atoms with Gasteiger partial charge in [-0.1, -0.05) is 0 Å². The third kappa shape index (κ3) is 4.85. The minimum atomic E-state index is -0.250. The molecule has 0 aromatic carbocycles. The molecule has 180 valence electrons. The predicted molar refractivity (Wildman–Crippen MR) is 130 cm³/mol. The molecule has 0 radical (unpaired) electrons. The molecule has 0 unspecified atom stereocenters. The van der Waals surface area contributed by atoms with E-state index in [-0.39, 0.29) is 18.6 Å². The van der Waals surface area contributed by atoms with Crippen LogP contribution >= 0.6 is 0 Å². The maximum atomic E-state index is 9.78. The number of pyridine rings is 2. The Kier molecular flexibility index (Phi) is 7.04. The number of likely N-dealkylation sites (tertiary alicyclic amines) is 1. The van der Waals surface area contributed by atoms with Crippen LogP contribution in [0.25, 0.3) is 22.3 Å². The number of hydrogen-bond acceptors (Lipinski definition) is 8. The number of aromatic nitrogens is 4. The molecular weight excluding hydrogens is 432 g/mol. The van der Waals surface area contributed by atoms with Crippen molar-refractivity contribution >= 4 is 23.2 Å². The van der Waals surface area contributed by atoms with Crippen LogP contribution in [-0.2, 0) is 4.79 Å². The number of aliphatic hydroxyl groups is 1. The van der Waals surface area contributed by atoms with Gasteiger partial charge in [0.15, 0.2) is 5.82 Å². The first-order chi connectivity index (χ1) is 16.4. The standard InChI is InChI=1S/C24H30N6O.CH2O2/c1-23(2,17-31)30-14-8-24(16-30)6-12-29(13-7-24)22-19-5-11-26-15-20(19)27-21(28-22)18-3-9-25-10-4-18;2-1-3/h3-5,9-11,15,31H,6-8,12-14,16-17H2,1-2H3;1H,(H,2,3). The molecule has 9 nitrogen and oxygen atoms in total. The molecule has 0 aliphatic carbocycles. The largest absolute Gasteiger partial charge is 0.483 e. The van der Waals surface area contributed by atoms with E-state index in [1.807, 2.05) is 30.6 Å². The first-order valence-corrected chi connectivity index (χ1v) is 11.6. The normalized spacial score (nSPS) is 18.0. The summed E-state index contributed by atoms with van der Waals surface area (Å²) in [6.45, 7) is 8.35. The zero-order valence-electron chi connectivity index (χ0n) is 19.8. The predicted octanol–water partition coefficient (Wildman–Crippen LogP) is 2.85. The number of nitrogens with zero attached hydrogens (tertiary/aromatic N) is 6. The molecule has 2 N–H and O–H groups in total. The average Bonchev–Trinajstić information content (AvgIpc) is 3.29. The van der Waals surface area contributed by atoms with E-state index >= 15 is 0 Å². The third-order valence-corrected chi connectivity index (χ3v) is 7.22. The number of piperidine rings is 1. The molecule has 3 aromatic rings. The molecule has 34 heavy (non-hydrogen) atoms. The van der Waals surface area contributed by atoms with Crippen molar-refractivity contribution in [2.45, 2.75) is 38.6 Å². The van der Waals surface area contributed by atoms with Crippen LogP contribution in [0.2, 0.25) is 0 Å². The number of aliphatic hydroxyl groups excluding tert-OH is 1. The smallest absolute Gasteiger partial charge is 0.290 e. The Balaban J connectivity index is 0.000000868. The average molecular weight is 465 g/mol. The summed E-state index contributed by atoms with van der Waals surface area (Å²) >= 11 is 0. The summed E-state index contributed by atoms with van der Waals surface area (Å²) in [5, 5.41) is 17.7. The van der Waals surface area contributed by atoms with Crippen LogP contribution in [0.15, 0.2) is 43.0 Å². The summed E-state index contributed by atoms with van der Waals surface area (Å²) in [6.07, 6.45) is 10.7. The van der Waals surface area contributed by atoms with Gasteiger partial charge in [-0.25, -0.2) is 9.97 Å². The van der Waals surface area contributed by atoms with Crippen LogP contribution < -0.4 is 4.90 Å². The van der Waals surface area contributed by atoms with E-state index in [4.69, 9.17) is 19.9 Å². The van der Waals surface area contributed by atoms with E-state index in [1.54, 1.807) is 12.4 Å². The second kappa shape index (κ2) is 9.99. The molecule has 2 fully saturated rings. The van der Waals surface area contributed by atoms with Gasteiger partial charge < -0.3 is 15.1 Å². The van der Waals surface area contributed by atoms with Crippen LogP contribution in [0.4, 0.5) is 5.82 Å². The molecule has 5 rings (SSSR count). The summed E-state index contributed by atoms with van der Waals surface area (Å²) in [6, 6.07) is 5.91. The summed E-state index contributed by atoms with van der Waals surface area (Å²) < 4.78 is 0. The fourth-order valence-electron chi connectivity index (χ4n) is 4.99. The Labute approximate surface area is 199 Å². The Hall–Kier alpha value is -3.17. The fourth-order valence-corrected chi connectivity index (χ4v) is 4.99. The van der Waals surface area contributed by atoms with Gasteiger partial charge in [0, 0.05) is 54.7 Å². The lowest BCUT2D eigenvalue weighted by molar-refractivity contribution is -0.122. The van der Waals surface area contributed by atoms with E-state index in [1.165, 1.54) is 6.42 Å². The van der Waals surface area contributed by atoms with Gasteiger partial charge >= 0.3 is 0 Å². The fraction of sp³-hybridized carbons (Fsp3) is 0.480. The highest BCUT2D eigenvalue weighted by molar-refractivity contribution is 5.90. The zero-order chi connectivity index (χ0) is 24.2.